The molecular weight excluding hydrogens is 250 g/mol. The first kappa shape index (κ1) is 13.2. The molecule has 4 heteroatoms. The van der Waals surface area contributed by atoms with E-state index >= 15 is 0 Å². The standard InChI is InChI=1S/C16H21N3O/c1-12-8-13(2)16-14(9-12)10-17-19(16)11-15(20)18-6-4-3-5-7-18/h8-10H,3-7,11H2,1-2H3. The van der Waals surface area contributed by atoms with Crippen LogP contribution in [0, 0.1) is 13.8 Å². The van der Waals surface area contributed by atoms with Gasteiger partial charge in [0.2, 0.25) is 5.91 Å². The Labute approximate surface area is 119 Å². The zero-order chi connectivity index (χ0) is 14.1. The van der Waals surface area contributed by atoms with Gasteiger partial charge in [0.1, 0.15) is 6.54 Å². The second-order valence-corrected chi connectivity index (χ2v) is 5.76. The highest BCUT2D eigenvalue weighted by Gasteiger charge is 2.18. The number of aryl methyl sites for hydroxylation is 2. The summed E-state index contributed by atoms with van der Waals surface area (Å²) < 4.78 is 1.85. The molecule has 4 nitrogen and oxygen atoms in total. The second-order valence-electron chi connectivity index (χ2n) is 5.76. The molecule has 0 radical (unpaired) electrons. The van der Waals surface area contributed by atoms with Gasteiger partial charge in [-0.2, -0.15) is 5.10 Å². The van der Waals surface area contributed by atoms with Crippen LogP contribution < -0.4 is 0 Å². The molecule has 1 aromatic heterocycles. The van der Waals surface area contributed by atoms with Crippen molar-refractivity contribution in [2.75, 3.05) is 13.1 Å². The number of piperidine rings is 1. The Kier molecular flexibility index (Phi) is 3.47. The van der Waals surface area contributed by atoms with Crippen molar-refractivity contribution >= 4 is 16.8 Å². The van der Waals surface area contributed by atoms with Crippen LogP contribution in [-0.4, -0.2) is 33.7 Å². The quantitative estimate of drug-likeness (QED) is 0.842. The van der Waals surface area contributed by atoms with E-state index in [0.29, 0.717) is 6.54 Å². The first-order valence-electron chi connectivity index (χ1n) is 7.36. The molecule has 1 aliphatic heterocycles. The molecule has 20 heavy (non-hydrogen) atoms. The third-order valence-corrected chi connectivity index (χ3v) is 4.06. The molecule has 0 spiro atoms. The predicted octanol–water partition coefficient (Wildman–Crippen LogP) is 2.67. The fourth-order valence-electron chi connectivity index (χ4n) is 3.12. The number of fused-ring (bicyclic) bond motifs is 1. The van der Waals surface area contributed by atoms with Crippen LogP contribution in [0.25, 0.3) is 10.9 Å². The van der Waals surface area contributed by atoms with Crippen molar-refractivity contribution in [1.29, 1.82) is 0 Å². The van der Waals surface area contributed by atoms with Crippen molar-refractivity contribution in [3.05, 3.63) is 29.5 Å². The van der Waals surface area contributed by atoms with Gasteiger partial charge in [-0.1, -0.05) is 11.6 Å². The Balaban J connectivity index is 1.85. The number of carbonyl (C=O) groups excluding carboxylic acids is 1. The third kappa shape index (κ3) is 2.42. The molecule has 0 bridgehead atoms. The van der Waals surface area contributed by atoms with Crippen molar-refractivity contribution in [3.8, 4) is 0 Å². The number of nitrogens with zero attached hydrogens (tertiary/aromatic N) is 3. The molecule has 1 amide bonds. The highest BCUT2D eigenvalue weighted by molar-refractivity contribution is 5.85. The maximum absolute atomic E-state index is 12.4. The summed E-state index contributed by atoms with van der Waals surface area (Å²) in [7, 11) is 0. The van der Waals surface area contributed by atoms with Crippen LogP contribution in [-0.2, 0) is 11.3 Å². The minimum Gasteiger partial charge on any atom is -0.341 e. The molecule has 0 aliphatic carbocycles. The molecule has 3 rings (SSSR count). The number of carbonyl (C=O) groups is 1. The van der Waals surface area contributed by atoms with Crippen molar-refractivity contribution in [3.63, 3.8) is 0 Å². The van der Waals surface area contributed by atoms with E-state index in [1.807, 2.05) is 15.8 Å². The van der Waals surface area contributed by atoms with Gasteiger partial charge in [0.15, 0.2) is 0 Å². The van der Waals surface area contributed by atoms with Gasteiger partial charge >= 0.3 is 0 Å². The average molecular weight is 271 g/mol. The smallest absolute Gasteiger partial charge is 0.244 e. The van der Waals surface area contributed by atoms with Crippen LogP contribution >= 0.6 is 0 Å². The maximum atomic E-state index is 12.4. The predicted molar refractivity (Wildman–Crippen MR) is 79.6 cm³/mol. The number of hydrogen-bond acceptors (Lipinski definition) is 2. The molecular formula is C16H21N3O. The molecule has 2 heterocycles. The van der Waals surface area contributed by atoms with Gasteiger partial charge < -0.3 is 4.90 Å². The number of amides is 1. The van der Waals surface area contributed by atoms with Crippen LogP contribution in [0.3, 0.4) is 0 Å². The van der Waals surface area contributed by atoms with Gasteiger partial charge in [-0.15, -0.1) is 0 Å². The molecule has 1 aliphatic rings. The van der Waals surface area contributed by atoms with Crippen molar-refractivity contribution in [2.45, 2.75) is 39.7 Å². The van der Waals surface area contributed by atoms with Gasteiger partial charge in [-0.3, -0.25) is 9.48 Å². The Morgan fingerprint density at radius 2 is 1.95 bits per heavy atom. The molecule has 0 N–H and O–H groups in total. The van der Waals surface area contributed by atoms with E-state index in [0.717, 1.165) is 36.8 Å². The lowest BCUT2D eigenvalue weighted by Crippen LogP contribution is -2.37. The van der Waals surface area contributed by atoms with Gasteiger partial charge in [-0.05, 0) is 44.7 Å². The third-order valence-electron chi connectivity index (χ3n) is 4.06. The minimum absolute atomic E-state index is 0.190. The van der Waals surface area contributed by atoms with Gasteiger partial charge in [0.25, 0.3) is 0 Å². The lowest BCUT2D eigenvalue weighted by atomic mass is 10.1. The van der Waals surface area contributed by atoms with E-state index < -0.39 is 0 Å². The summed E-state index contributed by atoms with van der Waals surface area (Å²) >= 11 is 0. The lowest BCUT2D eigenvalue weighted by Gasteiger charge is -2.26. The molecule has 2 aromatic rings. The fourth-order valence-corrected chi connectivity index (χ4v) is 3.12. The van der Waals surface area contributed by atoms with Crippen LogP contribution in [0.4, 0.5) is 0 Å². The fraction of sp³-hybridized carbons (Fsp3) is 0.500. The molecule has 1 fully saturated rings. The summed E-state index contributed by atoms with van der Waals surface area (Å²) in [6, 6.07) is 4.27. The van der Waals surface area contributed by atoms with Crippen LogP contribution in [0.2, 0.25) is 0 Å². The molecule has 1 aromatic carbocycles. The zero-order valence-electron chi connectivity index (χ0n) is 12.2. The topological polar surface area (TPSA) is 38.1 Å². The summed E-state index contributed by atoms with van der Waals surface area (Å²) in [4.78, 5) is 14.3. The van der Waals surface area contributed by atoms with Crippen molar-refractivity contribution < 1.29 is 4.79 Å². The summed E-state index contributed by atoms with van der Waals surface area (Å²) in [6.07, 6.45) is 5.36. The number of aromatic nitrogens is 2. The average Bonchev–Trinajstić information content (AvgIpc) is 2.82. The Hall–Kier alpha value is -1.84. The van der Waals surface area contributed by atoms with Crippen LogP contribution in [0.5, 0.6) is 0 Å². The van der Waals surface area contributed by atoms with Gasteiger partial charge in [0.05, 0.1) is 11.7 Å². The highest BCUT2D eigenvalue weighted by Crippen LogP contribution is 2.20. The largest absolute Gasteiger partial charge is 0.341 e. The summed E-state index contributed by atoms with van der Waals surface area (Å²) in [5.74, 6) is 0.190. The first-order chi connectivity index (χ1) is 9.65. The van der Waals surface area contributed by atoms with Crippen LogP contribution in [0.1, 0.15) is 30.4 Å². The number of hydrogen-bond donors (Lipinski definition) is 0. The van der Waals surface area contributed by atoms with E-state index in [1.54, 1.807) is 0 Å². The monoisotopic (exact) mass is 271 g/mol. The summed E-state index contributed by atoms with van der Waals surface area (Å²) in [5, 5.41) is 5.52. The molecule has 1 saturated heterocycles. The number of rotatable bonds is 2. The van der Waals surface area contributed by atoms with E-state index in [4.69, 9.17) is 0 Å². The summed E-state index contributed by atoms with van der Waals surface area (Å²) in [6.45, 7) is 6.32. The van der Waals surface area contributed by atoms with E-state index in [-0.39, 0.29) is 5.91 Å². The lowest BCUT2D eigenvalue weighted by molar-refractivity contribution is -0.132. The van der Waals surface area contributed by atoms with E-state index in [2.05, 4.69) is 31.1 Å². The first-order valence-corrected chi connectivity index (χ1v) is 7.36. The highest BCUT2D eigenvalue weighted by atomic mass is 16.2. The SMILES string of the molecule is Cc1cc(C)c2c(cnn2CC(=O)N2CCCCC2)c1. The molecule has 0 atom stereocenters. The Morgan fingerprint density at radius 3 is 2.70 bits per heavy atom. The van der Waals surface area contributed by atoms with E-state index in [9.17, 15) is 4.79 Å². The second kappa shape index (κ2) is 5.27. The van der Waals surface area contributed by atoms with E-state index in [1.165, 1.54) is 17.5 Å². The molecule has 106 valence electrons. The minimum atomic E-state index is 0.190. The summed E-state index contributed by atoms with van der Waals surface area (Å²) in [5.41, 5.74) is 3.50. The zero-order valence-corrected chi connectivity index (χ0v) is 12.2. The van der Waals surface area contributed by atoms with Gasteiger partial charge in [-0.25, -0.2) is 0 Å². The Bertz CT molecular complexity index is 638. The van der Waals surface area contributed by atoms with Crippen molar-refractivity contribution in [2.24, 2.45) is 0 Å². The number of benzene rings is 1. The van der Waals surface area contributed by atoms with Gasteiger partial charge in [0, 0.05) is 18.5 Å². The molecule has 0 unspecified atom stereocenters. The van der Waals surface area contributed by atoms with Crippen molar-refractivity contribution in [1.82, 2.24) is 14.7 Å². The molecule has 0 saturated carbocycles. The number of likely N-dealkylation sites (tertiary alicyclic amines) is 1. The van der Waals surface area contributed by atoms with Crippen LogP contribution in [0.15, 0.2) is 18.3 Å². The Morgan fingerprint density at radius 1 is 1.20 bits per heavy atom. The normalized spacial score (nSPS) is 15.8. The maximum Gasteiger partial charge on any atom is 0.244 e.